The van der Waals surface area contributed by atoms with Gasteiger partial charge in [0.25, 0.3) is 0 Å². The summed E-state index contributed by atoms with van der Waals surface area (Å²) < 4.78 is 28.9. The van der Waals surface area contributed by atoms with Gasteiger partial charge in [-0.15, -0.1) is 0 Å². The summed E-state index contributed by atoms with van der Waals surface area (Å²) in [6, 6.07) is 0. The zero-order valence-corrected chi connectivity index (χ0v) is 11.4. The second kappa shape index (κ2) is 5.01. The zero-order chi connectivity index (χ0) is 12.4. The lowest BCUT2D eigenvalue weighted by Crippen LogP contribution is -2.37. The van der Waals surface area contributed by atoms with Crippen LogP contribution < -0.4 is 0 Å². The van der Waals surface area contributed by atoms with Crippen molar-refractivity contribution in [3.8, 4) is 0 Å². The van der Waals surface area contributed by atoms with Crippen LogP contribution in [0.25, 0.3) is 0 Å². The molecular weight excluding hydrogens is 236 g/mol. The van der Waals surface area contributed by atoms with Crippen molar-refractivity contribution in [2.45, 2.75) is 45.4 Å². The van der Waals surface area contributed by atoms with E-state index in [1.807, 2.05) is 13.2 Å². The molecule has 1 unspecified atom stereocenters. The summed E-state index contributed by atoms with van der Waals surface area (Å²) in [4.78, 5) is 0. The van der Waals surface area contributed by atoms with Crippen molar-refractivity contribution in [1.29, 1.82) is 0 Å². The normalized spacial score (nSPS) is 32.4. The molecule has 2 aliphatic rings. The van der Waals surface area contributed by atoms with Gasteiger partial charge in [-0.3, -0.25) is 0 Å². The van der Waals surface area contributed by atoms with E-state index < -0.39 is 9.84 Å². The third-order valence-electron chi connectivity index (χ3n) is 3.73. The molecule has 1 aliphatic heterocycles. The van der Waals surface area contributed by atoms with E-state index in [1.54, 1.807) is 0 Å². The molecule has 0 aromatic heterocycles. The van der Waals surface area contributed by atoms with E-state index in [0.29, 0.717) is 12.4 Å². The lowest BCUT2D eigenvalue weighted by Gasteiger charge is -2.32. The van der Waals surface area contributed by atoms with Crippen LogP contribution in [0.15, 0.2) is 11.8 Å². The smallest absolute Gasteiger partial charge is 0.150 e. The number of ether oxygens (including phenoxy) is 1. The summed E-state index contributed by atoms with van der Waals surface area (Å²) in [5, 5.41) is 0. The maximum atomic E-state index is 11.6. The molecule has 1 heterocycles. The molecule has 1 saturated heterocycles. The van der Waals surface area contributed by atoms with Crippen molar-refractivity contribution in [3.05, 3.63) is 11.8 Å². The van der Waals surface area contributed by atoms with Crippen molar-refractivity contribution in [3.63, 3.8) is 0 Å². The summed E-state index contributed by atoms with van der Waals surface area (Å²) >= 11 is 0. The minimum Gasteiger partial charge on any atom is -0.501 e. The van der Waals surface area contributed by atoms with Crippen molar-refractivity contribution in [2.24, 2.45) is 5.41 Å². The fraction of sp³-hybridized carbons (Fsp3) is 0.846. The molecule has 1 atom stereocenters. The predicted molar refractivity (Wildman–Crippen MR) is 68.5 cm³/mol. The zero-order valence-electron chi connectivity index (χ0n) is 10.6. The van der Waals surface area contributed by atoms with Gasteiger partial charge in [0.1, 0.15) is 0 Å². The van der Waals surface area contributed by atoms with Gasteiger partial charge in [0.2, 0.25) is 0 Å². The van der Waals surface area contributed by atoms with Gasteiger partial charge in [-0.1, -0.05) is 6.92 Å². The van der Waals surface area contributed by atoms with Gasteiger partial charge < -0.3 is 4.74 Å². The van der Waals surface area contributed by atoms with Gasteiger partial charge in [0.05, 0.1) is 24.4 Å². The second-order valence-electron chi connectivity index (χ2n) is 5.80. The highest BCUT2D eigenvalue weighted by atomic mass is 32.2. The summed E-state index contributed by atoms with van der Waals surface area (Å²) in [7, 11) is -2.84. The molecule has 0 aromatic rings. The molecule has 0 N–H and O–H groups in total. The summed E-state index contributed by atoms with van der Waals surface area (Å²) in [5.74, 6) is 0.632. The van der Waals surface area contributed by atoms with E-state index in [9.17, 15) is 8.42 Å². The van der Waals surface area contributed by atoms with Crippen molar-refractivity contribution >= 4 is 9.84 Å². The Kier molecular flexibility index (Phi) is 3.81. The van der Waals surface area contributed by atoms with Crippen LogP contribution in [0.4, 0.5) is 0 Å². The second-order valence-corrected chi connectivity index (χ2v) is 7.98. The Morgan fingerprint density at radius 2 is 2.00 bits per heavy atom. The van der Waals surface area contributed by atoms with Gasteiger partial charge in [0, 0.05) is 5.41 Å². The molecule has 17 heavy (non-hydrogen) atoms. The van der Waals surface area contributed by atoms with Crippen molar-refractivity contribution < 1.29 is 13.2 Å². The molecule has 3 nitrogen and oxygen atoms in total. The Hall–Kier alpha value is -0.510. The van der Waals surface area contributed by atoms with Crippen LogP contribution in [-0.2, 0) is 14.6 Å². The summed E-state index contributed by atoms with van der Waals surface area (Å²) in [6.07, 6.45) is 8.43. The van der Waals surface area contributed by atoms with E-state index >= 15 is 0 Å². The standard InChI is InChI=1S/C13H22O3S/c1-13(7-4-8-17(14,15)11-13)10-16-9-12-5-2-3-6-12/h9H,2-8,10-11H2,1H3. The molecule has 0 aromatic carbocycles. The molecule has 0 radical (unpaired) electrons. The van der Waals surface area contributed by atoms with Gasteiger partial charge in [0.15, 0.2) is 9.84 Å². The first-order valence-corrected chi connectivity index (χ1v) is 8.31. The third-order valence-corrected chi connectivity index (χ3v) is 5.78. The van der Waals surface area contributed by atoms with Crippen LogP contribution in [0.5, 0.6) is 0 Å². The Morgan fingerprint density at radius 1 is 1.29 bits per heavy atom. The molecule has 0 spiro atoms. The quantitative estimate of drug-likeness (QED) is 0.731. The topological polar surface area (TPSA) is 43.4 Å². The summed E-state index contributed by atoms with van der Waals surface area (Å²) in [6.45, 7) is 2.56. The first kappa shape index (κ1) is 12.9. The molecule has 1 saturated carbocycles. The SMILES string of the molecule is CC1(COC=C2CCCC2)CCCS(=O)(=O)C1. The number of allylic oxidation sites excluding steroid dienone is 1. The van der Waals surface area contributed by atoms with Crippen LogP contribution in [0.2, 0.25) is 0 Å². The van der Waals surface area contributed by atoms with Crippen LogP contribution in [0, 0.1) is 5.41 Å². The molecule has 0 amide bonds. The Morgan fingerprint density at radius 3 is 2.65 bits per heavy atom. The average molecular weight is 258 g/mol. The van der Waals surface area contributed by atoms with E-state index in [4.69, 9.17) is 4.74 Å². The fourth-order valence-corrected chi connectivity index (χ4v) is 4.83. The molecule has 4 heteroatoms. The molecular formula is C13H22O3S. The van der Waals surface area contributed by atoms with Gasteiger partial charge in [-0.2, -0.15) is 0 Å². The Bertz CT molecular complexity index is 389. The van der Waals surface area contributed by atoms with Crippen LogP contribution in [-0.4, -0.2) is 26.5 Å². The summed E-state index contributed by atoms with van der Waals surface area (Å²) in [5.41, 5.74) is 1.19. The lowest BCUT2D eigenvalue weighted by molar-refractivity contribution is 0.126. The van der Waals surface area contributed by atoms with Crippen LogP contribution in [0.1, 0.15) is 45.4 Å². The van der Waals surface area contributed by atoms with Crippen LogP contribution in [0.3, 0.4) is 0 Å². The monoisotopic (exact) mass is 258 g/mol. The van der Waals surface area contributed by atoms with Crippen molar-refractivity contribution in [2.75, 3.05) is 18.1 Å². The first-order valence-electron chi connectivity index (χ1n) is 6.49. The minimum atomic E-state index is -2.84. The average Bonchev–Trinajstić information content (AvgIpc) is 2.68. The van der Waals surface area contributed by atoms with Gasteiger partial charge in [-0.25, -0.2) is 8.42 Å². The maximum Gasteiger partial charge on any atom is 0.150 e. The maximum absolute atomic E-state index is 11.6. The lowest BCUT2D eigenvalue weighted by atomic mass is 9.88. The number of sulfone groups is 1. The molecule has 2 fully saturated rings. The first-order chi connectivity index (χ1) is 7.99. The number of hydrogen-bond donors (Lipinski definition) is 0. The molecule has 1 aliphatic carbocycles. The predicted octanol–water partition coefficient (Wildman–Crippen LogP) is 2.68. The molecule has 98 valence electrons. The highest BCUT2D eigenvalue weighted by molar-refractivity contribution is 7.91. The van der Waals surface area contributed by atoms with E-state index in [-0.39, 0.29) is 11.2 Å². The van der Waals surface area contributed by atoms with E-state index in [1.165, 1.54) is 18.4 Å². The van der Waals surface area contributed by atoms with Gasteiger partial charge in [-0.05, 0) is 44.1 Å². The molecule has 0 bridgehead atoms. The minimum absolute atomic E-state index is 0.188. The molecule has 2 rings (SSSR count). The van der Waals surface area contributed by atoms with Gasteiger partial charge >= 0.3 is 0 Å². The van der Waals surface area contributed by atoms with E-state index in [2.05, 4.69) is 0 Å². The fourth-order valence-electron chi connectivity index (χ4n) is 2.82. The largest absolute Gasteiger partial charge is 0.501 e. The number of hydrogen-bond acceptors (Lipinski definition) is 3. The number of rotatable bonds is 3. The Labute approximate surface area is 104 Å². The van der Waals surface area contributed by atoms with E-state index in [0.717, 1.165) is 25.7 Å². The highest BCUT2D eigenvalue weighted by Gasteiger charge is 2.35. The highest BCUT2D eigenvalue weighted by Crippen LogP contribution is 2.32. The third kappa shape index (κ3) is 3.73. The van der Waals surface area contributed by atoms with Crippen LogP contribution >= 0.6 is 0 Å². The Balaban J connectivity index is 1.87. The van der Waals surface area contributed by atoms with Crippen molar-refractivity contribution in [1.82, 2.24) is 0 Å².